The Morgan fingerprint density at radius 1 is 1.38 bits per heavy atom. The van der Waals surface area contributed by atoms with Crippen LogP contribution in [0.1, 0.15) is 47.8 Å². The van der Waals surface area contributed by atoms with Crippen LogP contribution in [0, 0.1) is 5.41 Å². The summed E-state index contributed by atoms with van der Waals surface area (Å²) in [5.74, 6) is 0.174. The number of amides is 2. The van der Waals surface area contributed by atoms with E-state index < -0.39 is 5.41 Å². The number of rotatable bonds is 5. The molecule has 0 radical (unpaired) electrons. The lowest BCUT2D eigenvalue weighted by atomic mass is 9.78. The quantitative estimate of drug-likeness (QED) is 0.885. The van der Waals surface area contributed by atoms with E-state index in [0.29, 0.717) is 19.6 Å². The molecule has 1 atom stereocenters. The molecule has 1 unspecified atom stereocenters. The molecule has 2 fully saturated rings. The van der Waals surface area contributed by atoms with Gasteiger partial charge in [-0.05, 0) is 31.7 Å². The highest BCUT2D eigenvalue weighted by Gasteiger charge is 2.49. The van der Waals surface area contributed by atoms with Crippen LogP contribution in [0.2, 0.25) is 0 Å². The monoisotopic (exact) mass is 350 g/mol. The van der Waals surface area contributed by atoms with E-state index in [-0.39, 0.29) is 18.4 Å². The van der Waals surface area contributed by atoms with Crippen LogP contribution in [-0.4, -0.2) is 59.5 Å². The van der Waals surface area contributed by atoms with E-state index in [1.807, 2.05) is 16.3 Å². The number of piperidine rings is 1. The predicted molar refractivity (Wildman–Crippen MR) is 94.2 cm³/mol. The molecule has 3 rings (SSSR count). The number of aliphatic hydroxyl groups is 1. The van der Waals surface area contributed by atoms with Crippen LogP contribution in [0.5, 0.6) is 0 Å². The van der Waals surface area contributed by atoms with E-state index in [1.54, 1.807) is 16.2 Å². The van der Waals surface area contributed by atoms with Gasteiger partial charge in [-0.25, -0.2) is 0 Å². The topological polar surface area (TPSA) is 60.9 Å². The van der Waals surface area contributed by atoms with Gasteiger partial charge in [0.1, 0.15) is 0 Å². The molecular weight excluding hydrogens is 324 g/mol. The van der Waals surface area contributed by atoms with Crippen molar-refractivity contribution in [3.05, 3.63) is 21.9 Å². The fraction of sp³-hybridized carbons (Fsp3) is 0.667. The van der Waals surface area contributed by atoms with Crippen molar-refractivity contribution in [2.24, 2.45) is 5.41 Å². The molecule has 1 aromatic rings. The first-order valence-electron chi connectivity index (χ1n) is 8.86. The number of β-amino-alcohol motifs (C(OH)–C–C–N with tert-alkyl or cyclic N) is 1. The molecule has 5 nitrogen and oxygen atoms in total. The third kappa shape index (κ3) is 3.22. The maximum absolute atomic E-state index is 12.8. The van der Waals surface area contributed by atoms with Gasteiger partial charge in [0.2, 0.25) is 5.91 Å². The highest BCUT2D eigenvalue weighted by molar-refractivity contribution is 7.10. The van der Waals surface area contributed by atoms with Gasteiger partial charge in [-0.1, -0.05) is 13.3 Å². The first-order valence-corrected chi connectivity index (χ1v) is 9.74. The lowest BCUT2D eigenvalue weighted by Crippen LogP contribution is -2.51. The van der Waals surface area contributed by atoms with Gasteiger partial charge in [-0.2, -0.15) is 0 Å². The lowest BCUT2D eigenvalue weighted by Gasteiger charge is -2.39. The van der Waals surface area contributed by atoms with Crippen LogP contribution in [0.15, 0.2) is 11.4 Å². The minimum absolute atomic E-state index is 0.000423. The van der Waals surface area contributed by atoms with E-state index in [1.165, 1.54) is 4.88 Å². The Bertz CT molecular complexity index is 613. The number of aliphatic hydroxyl groups excluding tert-OH is 1. The third-order valence-electron chi connectivity index (χ3n) is 5.23. The Morgan fingerprint density at radius 3 is 2.96 bits per heavy atom. The normalized spacial score (nSPS) is 24.2. The summed E-state index contributed by atoms with van der Waals surface area (Å²) in [6.07, 6.45) is 4.63. The maximum atomic E-state index is 12.8. The van der Waals surface area contributed by atoms with Crippen LogP contribution in [0.4, 0.5) is 0 Å². The molecule has 0 aliphatic carbocycles. The molecule has 6 heteroatoms. The number of likely N-dealkylation sites (tertiary alicyclic amines) is 2. The summed E-state index contributed by atoms with van der Waals surface area (Å²) in [5, 5.41) is 11.1. The van der Waals surface area contributed by atoms with Crippen molar-refractivity contribution in [1.82, 2.24) is 9.80 Å². The minimum Gasteiger partial charge on any atom is -0.395 e. The zero-order chi connectivity index (χ0) is 17.2. The third-order valence-corrected chi connectivity index (χ3v) is 6.23. The molecule has 1 aromatic heterocycles. The number of hydrogen-bond acceptors (Lipinski definition) is 4. The summed E-state index contributed by atoms with van der Waals surface area (Å²) in [5.41, 5.74) is 0.335. The zero-order valence-electron chi connectivity index (χ0n) is 14.3. The first kappa shape index (κ1) is 17.4. The average Bonchev–Trinajstić information content (AvgIpc) is 3.20. The Labute approximate surface area is 147 Å². The zero-order valence-corrected chi connectivity index (χ0v) is 15.1. The first-order chi connectivity index (χ1) is 11.6. The van der Waals surface area contributed by atoms with Crippen molar-refractivity contribution in [1.29, 1.82) is 0 Å². The van der Waals surface area contributed by atoms with Gasteiger partial charge < -0.3 is 14.9 Å². The summed E-state index contributed by atoms with van der Waals surface area (Å²) in [7, 11) is 0. The highest BCUT2D eigenvalue weighted by Crippen LogP contribution is 2.40. The fourth-order valence-electron chi connectivity index (χ4n) is 3.96. The Hall–Kier alpha value is -1.40. The summed E-state index contributed by atoms with van der Waals surface area (Å²) in [4.78, 5) is 30.4. The number of carbonyl (C=O) groups excluding carboxylic acids is 2. The lowest BCUT2D eigenvalue weighted by molar-refractivity contribution is -0.146. The summed E-state index contributed by atoms with van der Waals surface area (Å²) >= 11 is 1.65. The standard InChI is InChI=1S/C18H26N2O3S/c1-2-4-15-11-14(12-24-15)16(22)20-8-6-18(13-20)5-3-7-19(9-10-21)17(18)23/h11-12,21H,2-10,13H2,1H3. The maximum Gasteiger partial charge on any atom is 0.254 e. The molecule has 0 aromatic carbocycles. The van der Waals surface area contributed by atoms with Gasteiger partial charge >= 0.3 is 0 Å². The SMILES string of the molecule is CCCc1cc(C(=O)N2CCC3(CCCN(CCO)C3=O)C2)cs1. The summed E-state index contributed by atoms with van der Waals surface area (Å²) in [6.45, 7) is 4.43. The van der Waals surface area contributed by atoms with Crippen molar-refractivity contribution >= 4 is 23.2 Å². The Balaban J connectivity index is 1.69. The molecule has 1 spiro atoms. The van der Waals surface area contributed by atoms with E-state index in [9.17, 15) is 9.59 Å². The molecule has 2 amide bonds. The minimum atomic E-state index is -0.425. The summed E-state index contributed by atoms with van der Waals surface area (Å²) < 4.78 is 0. The molecule has 132 valence electrons. The van der Waals surface area contributed by atoms with E-state index in [2.05, 4.69) is 6.92 Å². The molecule has 24 heavy (non-hydrogen) atoms. The second kappa shape index (κ2) is 7.23. The number of carbonyl (C=O) groups is 2. The van der Waals surface area contributed by atoms with Crippen LogP contribution in [-0.2, 0) is 11.2 Å². The molecule has 3 heterocycles. The van der Waals surface area contributed by atoms with E-state index in [4.69, 9.17) is 5.11 Å². The van der Waals surface area contributed by atoms with Gasteiger partial charge in [0.25, 0.3) is 5.91 Å². The molecule has 2 aliphatic heterocycles. The van der Waals surface area contributed by atoms with Crippen molar-refractivity contribution in [2.75, 3.05) is 32.8 Å². The largest absolute Gasteiger partial charge is 0.395 e. The van der Waals surface area contributed by atoms with Crippen molar-refractivity contribution in [3.8, 4) is 0 Å². The fourth-order valence-corrected chi connectivity index (χ4v) is 4.93. The smallest absolute Gasteiger partial charge is 0.254 e. The van der Waals surface area contributed by atoms with Gasteiger partial charge in [-0.3, -0.25) is 9.59 Å². The van der Waals surface area contributed by atoms with Gasteiger partial charge in [0.15, 0.2) is 0 Å². The molecule has 2 saturated heterocycles. The average molecular weight is 350 g/mol. The van der Waals surface area contributed by atoms with Crippen molar-refractivity contribution < 1.29 is 14.7 Å². The van der Waals surface area contributed by atoms with Crippen LogP contribution < -0.4 is 0 Å². The number of nitrogens with zero attached hydrogens (tertiary/aromatic N) is 2. The van der Waals surface area contributed by atoms with Gasteiger partial charge in [0.05, 0.1) is 17.6 Å². The summed E-state index contributed by atoms with van der Waals surface area (Å²) in [6, 6.07) is 2.00. The van der Waals surface area contributed by atoms with Crippen LogP contribution >= 0.6 is 11.3 Å². The highest BCUT2D eigenvalue weighted by atomic mass is 32.1. The van der Waals surface area contributed by atoms with Gasteiger partial charge in [0, 0.05) is 36.4 Å². The van der Waals surface area contributed by atoms with Crippen LogP contribution in [0.25, 0.3) is 0 Å². The van der Waals surface area contributed by atoms with Gasteiger partial charge in [-0.15, -0.1) is 11.3 Å². The number of hydrogen-bond donors (Lipinski definition) is 1. The molecule has 0 saturated carbocycles. The number of aryl methyl sites for hydroxylation is 1. The number of thiophene rings is 1. The van der Waals surface area contributed by atoms with E-state index in [0.717, 1.165) is 44.2 Å². The second-order valence-corrected chi connectivity index (χ2v) is 7.92. The Kier molecular flexibility index (Phi) is 5.25. The van der Waals surface area contributed by atoms with Crippen LogP contribution in [0.3, 0.4) is 0 Å². The second-order valence-electron chi connectivity index (χ2n) is 6.93. The van der Waals surface area contributed by atoms with Crippen molar-refractivity contribution in [2.45, 2.75) is 39.0 Å². The predicted octanol–water partition coefficient (Wildman–Crippen LogP) is 2.15. The molecule has 1 N–H and O–H groups in total. The molecule has 0 bridgehead atoms. The van der Waals surface area contributed by atoms with Crippen molar-refractivity contribution in [3.63, 3.8) is 0 Å². The Morgan fingerprint density at radius 2 is 2.21 bits per heavy atom. The van der Waals surface area contributed by atoms with E-state index >= 15 is 0 Å². The molecule has 2 aliphatic rings. The molecular formula is C18H26N2O3S.